The lowest BCUT2D eigenvalue weighted by Crippen LogP contribution is -2.14. The average Bonchev–Trinajstić information content (AvgIpc) is 2.74. The first kappa shape index (κ1) is 10.7. The molecule has 2 heterocycles. The molecular formula is C11H15N5S. The number of nitrogens with two attached hydrogens (primary N) is 1. The van der Waals surface area contributed by atoms with E-state index in [2.05, 4.69) is 34.6 Å². The topological polar surface area (TPSA) is 75.9 Å². The number of rotatable bonds is 3. The zero-order chi connectivity index (χ0) is 12.0. The van der Waals surface area contributed by atoms with Crippen molar-refractivity contribution >= 4 is 33.3 Å². The molecule has 1 atom stereocenters. The predicted molar refractivity (Wildman–Crippen MR) is 71.0 cm³/mol. The molecule has 3 rings (SSSR count). The van der Waals surface area contributed by atoms with Crippen molar-refractivity contribution in [1.29, 1.82) is 0 Å². The van der Waals surface area contributed by atoms with Crippen molar-refractivity contribution in [3.63, 3.8) is 0 Å². The molecule has 0 aromatic carbocycles. The Morgan fingerprint density at radius 3 is 2.88 bits per heavy atom. The zero-order valence-electron chi connectivity index (χ0n) is 9.82. The van der Waals surface area contributed by atoms with Crippen LogP contribution in [0.25, 0.3) is 10.2 Å². The fraction of sp³-hybridized carbons (Fsp3) is 0.455. The molecule has 0 amide bonds. The first-order valence-electron chi connectivity index (χ1n) is 5.58. The summed E-state index contributed by atoms with van der Waals surface area (Å²) in [4.78, 5) is 9.65. The van der Waals surface area contributed by atoms with Crippen molar-refractivity contribution in [2.75, 3.05) is 10.7 Å². The van der Waals surface area contributed by atoms with E-state index in [0.29, 0.717) is 17.4 Å². The van der Waals surface area contributed by atoms with Crippen LogP contribution >= 0.6 is 11.3 Å². The van der Waals surface area contributed by atoms with Crippen LogP contribution in [0.5, 0.6) is 0 Å². The van der Waals surface area contributed by atoms with Crippen LogP contribution in [-0.2, 0) is 0 Å². The summed E-state index contributed by atoms with van der Waals surface area (Å²) in [6.07, 6.45) is 1.17. The van der Waals surface area contributed by atoms with Gasteiger partial charge in [-0.15, -0.1) is 11.3 Å². The van der Waals surface area contributed by atoms with Crippen molar-refractivity contribution in [3.05, 3.63) is 11.4 Å². The molecule has 0 aliphatic heterocycles. The summed E-state index contributed by atoms with van der Waals surface area (Å²) in [6.45, 7) is 4.50. The smallest absolute Gasteiger partial charge is 0.240 e. The molecule has 0 radical (unpaired) electrons. The molecule has 0 spiro atoms. The van der Waals surface area contributed by atoms with Crippen LogP contribution in [0.1, 0.15) is 20.3 Å². The van der Waals surface area contributed by atoms with Crippen LogP contribution in [0.3, 0.4) is 0 Å². The maximum Gasteiger partial charge on any atom is 0.240 e. The highest BCUT2D eigenvalue weighted by atomic mass is 32.1. The number of hydrogen-bond donors (Lipinski definition) is 3. The van der Waals surface area contributed by atoms with E-state index in [4.69, 9.17) is 5.84 Å². The van der Waals surface area contributed by atoms with Gasteiger partial charge in [-0.2, -0.15) is 4.98 Å². The van der Waals surface area contributed by atoms with Gasteiger partial charge in [0, 0.05) is 6.04 Å². The molecule has 1 unspecified atom stereocenters. The normalized spacial score (nSPS) is 21.5. The average molecular weight is 249 g/mol. The number of anilines is 2. The van der Waals surface area contributed by atoms with E-state index in [1.165, 1.54) is 6.42 Å². The number of fused-ring (bicyclic) bond motifs is 1. The van der Waals surface area contributed by atoms with Crippen molar-refractivity contribution in [2.45, 2.75) is 26.3 Å². The standard InChI is InChI=1S/C11H15N5S/c1-11(2)5-7(11)13-8-6-3-4-17-9(6)15-10(14-8)16-12/h3-4,7H,5,12H2,1-2H3,(H2,13,14,15,16). The molecule has 2 aromatic heterocycles. The number of thiophene rings is 1. The largest absolute Gasteiger partial charge is 0.366 e. The third-order valence-corrected chi connectivity index (χ3v) is 4.09. The molecule has 1 aliphatic carbocycles. The van der Waals surface area contributed by atoms with E-state index in [1.807, 2.05) is 11.4 Å². The third-order valence-electron chi connectivity index (χ3n) is 3.28. The Bertz CT molecular complexity index is 562. The number of hydrazine groups is 1. The van der Waals surface area contributed by atoms with E-state index < -0.39 is 0 Å². The monoisotopic (exact) mass is 249 g/mol. The summed E-state index contributed by atoms with van der Waals surface area (Å²) in [6, 6.07) is 2.53. The Kier molecular flexibility index (Phi) is 2.24. The van der Waals surface area contributed by atoms with Gasteiger partial charge in [-0.1, -0.05) is 13.8 Å². The quantitative estimate of drug-likeness (QED) is 0.574. The summed E-state index contributed by atoms with van der Waals surface area (Å²) < 4.78 is 0. The highest BCUT2D eigenvalue weighted by molar-refractivity contribution is 7.16. The van der Waals surface area contributed by atoms with Crippen LogP contribution < -0.4 is 16.6 Å². The van der Waals surface area contributed by atoms with Crippen LogP contribution in [-0.4, -0.2) is 16.0 Å². The summed E-state index contributed by atoms with van der Waals surface area (Å²) in [7, 11) is 0. The van der Waals surface area contributed by atoms with Crippen LogP contribution in [0, 0.1) is 5.41 Å². The first-order chi connectivity index (χ1) is 8.10. The van der Waals surface area contributed by atoms with E-state index >= 15 is 0 Å². The summed E-state index contributed by atoms with van der Waals surface area (Å²) >= 11 is 1.59. The maximum absolute atomic E-state index is 5.38. The number of nitrogen functional groups attached to an aromatic ring is 1. The minimum atomic E-state index is 0.365. The molecule has 90 valence electrons. The zero-order valence-corrected chi connectivity index (χ0v) is 10.6. The van der Waals surface area contributed by atoms with Gasteiger partial charge in [-0.3, -0.25) is 5.43 Å². The minimum Gasteiger partial charge on any atom is -0.366 e. The highest BCUT2D eigenvalue weighted by Gasteiger charge is 2.46. The lowest BCUT2D eigenvalue weighted by Gasteiger charge is -2.09. The van der Waals surface area contributed by atoms with Crippen molar-refractivity contribution in [3.8, 4) is 0 Å². The first-order valence-corrected chi connectivity index (χ1v) is 6.46. The molecule has 0 bridgehead atoms. The van der Waals surface area contributed by atoms with Gasteiger partial charge in [0.1, 0.15) is 10.6 Å². The van der Waals surface area contributed by atoms with Gasteiger partial charge in [0.2, 0.25) is 5.95 Å². The Labute approximate surface area is 103 Å². The number of nitrogens with one attached hydrogen (secondary N) is 2. The van der Waals surface area contributed by atoms with E-state index in [9.17, 15) is 0 Å². The van der Waals surface area contributed by atoms with Gasteiger partial charge in [0.25, 0.3) is 0 Å². The van der Waals surface area contributed by atoms with Crippen molar-refractivity contribution < 1.29 is 0 Å². The molecule has 1 fully saturated rings. The Hall–Kier alpha value is -1.40. The van der Waals surface area contributed by atoms with Crippen LogP contribution in [0.2, 0.25) is 0 Å². The SMILES string of the molecule is CC1(C)CC1Nc1nc(NN)nc2sccc12. The fourth-order valence-corrected chi connectivity index (χ4v) is 2.67. The van der Waals surface area contributed by atoms with Crippen molar-refractivity contribution in [1.82, 2.24) is 9.97 Å². The molecule has 1 saturated carbocycles. The van der Waals surface area contributed by atoms with E-state index in [-0.39, 0.29) is 0 Å². The molecule has 0 saturated heterocycles. The second-order valence-electron chi connectivity index (χ2n) is 5.07. The molecule has 4 N–H and O–H groups in total. The summed E-state index contributed by atoms with van der Waals surface area (Å²) in [5.41, 5.74) is 2.87. The fourth-order valence-electron chi connectivity index (χ4n) is 1.91. The molecule has 6 heteroatoms. The Morgan fingerprint density at radius 2 is 2.24 bits per heavy atom. The third kappa shape index (κ3) is 1.83. The predicted octanol–water partition coefficient (Wildman–Crippen LogP) is 2.19. The van der Waals surface area contributed by atoms with Gasteiger partial charge in [0.15, 0.2) is 0 Å². The lowest BCUT2D eigenvalue weighted by atomic mass is 10.2. The van der Waals surface area contributed by atoms with Gasteiger partial charge < -0.3 is 5.32 Å². The molecule has 5 nitrogen and oxygen atoms in total. The molecular weight excluding hydrogens is 234 g/mol. The second-order valence-corrected chi connectivity index (χ2v) is 5.96. The summed E-state index contributed by atoms with van der Waals surface area (Å²) in [5.74, 6) is 6.71. The minimum absolute atomic E-state index is 0.365. The van der Waals surface area contributed by atoms with E-state index in [1.54, 1.807) is 11.3 Å². The summed E-state index contributed by atoms with van der Waals surface area (Å²) in [5, 5.41) is 6.55. The van der Waals surface area contributed by atoms with Gasteiger partial charge >= 0.3 is 0 Å². The second kappa shape index (κ2) is 3.54. The Morgan fingerprint density at radius 1 is 1.47 bits per heavy atom. The lowest BCUT2D eigenvalue weighted by molar-refractivity contribution is 0.630. The maximum atomic E-state index is 5.38. The number of nitrogens with zero attached hydrogens (tertiary/aromatic N) is 2. The molecule has 2 aromatic rings. The van der Waals surface area contributed by atoms with Gasteiger partial charge in [0.05, 0.1) is 5.39 Å². The van der Waals surface area contributed by atoms with Crippen LogP contribution in [0.4, 0.5) is 11.8 Å². The molecule has 1 aliphatic rings. The van der Waals surface area contributed by atoms with Crippen molar-refractivity contribution in [2.24, 2.45) is 11.3 Å². The molecule has 17 heavy (non-hydrogen) atoms. The van der Waals surface area contributed by atoms with Gasteiger partial charge in [-0.05, 0) is 23.3 Å². The number of aromatic nitrogens is 2. The van der Waals surface area contributed by atoms with Gasteiger partial charge in [-0.25, -0.2) is 10.8 Å². The highest BCUT2D eigenvalue weighted by Crippen LogP contribution is 2.47. The van der Waals surface area contributed by atoms with Crippen LogP contribution in [0.15, 0.2) is 11.4 Å². The van der Waals surface area contributed by atoms with E-state index in [0.717, 1.165) is 16.0 Å². The Balaban J connectivity index is 1.99. The number of hydrogen-bond acceptors (Lipinski definition) is 6.